The first-order chi connectivity index (χ1) is 18.5. The highest BCUT2D eigenvalue weighted by atomic mass is 16.6. The highest BCUT2D eigenvalue weighted by molar-refractivity contribution is 4.96. The average Bonchev–Trinajstić information content (AvgIpc) is 2.93. The summed E-state index contributed by atoms with van der Waals surface area (Å²) in [6.45, 7) is -1.49. The van der Waals surface area contributed by atoms with Gasteiger partial charge in [0.2, 0.25) is 0 Å². The highest BCUT2D eigenvalue weighted by Gasteiger charge is 2.46. The molecular formula is C23H45N3O13. The zero-order chi connectivity index (χ0) is 28.9. The summed E-state index contributed by atoms with van der Waals surface area (Å²) in [6.07, 6.45) is -10.3. The third-order valence-corrected chi connectivity index (χ3v) is 7.96. The van der Waals surface area contributed by atoms with Gasteiger partial charge >= 0.3 is 0 Å². The molecule has 16 heteroatoms. The summed E-state index contributed by atoms with van der Waals surface area (Å²) >= 11 is 0. The first kappa shape index (κ1) is 32.9. The molecule has 3 heterocycles. The highest BCUT2D eigenvalue weighted by Crippen LogP contribution is 2.29. The van der Waals surface area contributed by atoms with Gasteiger partial charge in [0, 0.05) is 18.4 Å². The zero-order valence-electron chi connectivity index (χ0n) is 21.7. The molecule has 16 nitrogen and oxygen atoms in total. The topological polar surface area (TPSA) is 286 Å². The number of aliphatic hydroxyl groups excluding tert-OH is 8. The van der Waals surface area contributed by atoms with Crippen LogP contribution in [0.3, 0.4) is 0 Å². The lowest BCUT2D eigenvalue weighted by Gasteiger charge is -2.44. The second kappa shape index (κ2) is 15.0. The molecule has 0 bridgehead atoms. The van der Waals surface area contributed by atoms with Crippen molar-refractivity contribution >= 4 is 0 Å². The van der Waals surface area contributed by atoms with E-state index in [0.717, 1.165) is 0 Å². The van der Waals surface area contributed by atoms with E-state index in [2.05, 4.69) is 0 Å². The van der Waals surface area contributed by atoms with Gasteiger partial charge in [-0.05, 0) is 6.42 Å². The smallest absolute Gasteiger partial charge is 0.172 e. The second-order valence-corrected chi connectivity index (χ2v) is 10.5. The van der Waals surface area contributed by atoms with Crippen LogP contribution >= 0.6 is 0 Å². The number of ether oxygens (including phenoxy) is 5. The van der Waals surface area contributed by atoms with E-state index in [9.17, 15) is 40.9 Å². The molecule has 0 aliphatic carbocycles. The third kappa shape index (κ3) is 7.61. The van der Waals surface area contributed by atoms with Crippen molar-refractivity contribution < 1.29 is 64.5 Å². The number of nitrogens with two attached hydrogens (primary N) is 3. The molecule has 0 saturated carbocycles. The molecule has 3 aliphatic heterocycles. The molecule has 0 aromatic carbocycles. The van der Waals surface area contributed by atoms with Crippen LogP contribution in [0.2, 0.25) is 0 Å². The van der Waals surface area contributed by atoms with E-state index in [0.29, 0.717) is 0 Å². The zero-order valence-corrected chi connectivity index (χ0v) is 21.7. The van der Waals surface area contributed by atoms with E-state index >= 15 is 0 Å². The Hall–Kier alpha value is -0.640. The van der Waals surface area contributed by atoms with Gasteiger partial charge in [-0.3, -0.25) is 0 Å². The van der Waals surface area contributed by atoms with Gasteiger partial charge < -0.3 is 81.7 Å². The van der Waals surface area contributed by atoms with Crippen LogP contribution in [0, 0.1) is 11.8 Å². The monoisotopic (exact) mass is 571 g/mol. The van der Waals surface area contributed by atoms with Crippen LogP contribution in [-0.4, -0.2) is 166 Å². The van der Waals surface area contributed by atoms with E-state index in [1.807, 2.05) is 0 Å². The number of hydrogen-bond donors (Lipinski definition) is 11. The van der Waals surface area contributed by atoms with Gasteiger partial charge in [-0.1, -0.05) is 0 Å². The van der Waals surface area contributed by atoms with Crippen molar-refractivity contribution in [2.45, 2.75) is 85.8 Å². The van der Waals surface area contributed by atoms with Gasteiger partial charge in [-0.2, -0.15) is 0 Å². The Kier molecular flexibility index (Phi) is 12.7. The molecule has 3 fully saturated rings. The Morgan fingerprint density at radius 1 is 0.513 bits per heavy atom. The lowest BCUT2D eigenvalue weighted by Crippen LogP contribution is -2.63. The fourth-order valence-corrected chi connectivity index (χ4v) is 5.36. The molecule has 3 saturated heterocycles. The summed E-state index contributed by atoms with van der Waals surface area (Å²) in [6, 6.07) is -2.88. The maximum Gasteiger partial charge on any atom is 0.172 e. The first-order valence-electron chi connectivity index (χ1n) is 13.2. The predicted octanol–water partition coefficient (Wildman–Crippen LogP) is -6.70. The van der Waals surface area contributed by atoms with Gasteiger partial charge in [0.15, 0.2) is 6.29 Å². The molecule has 0 amide bonds. The Bertz CT molecular complexity index is 723. The van der Waals surface area contributed by atoms with Crippen LogP contribution in [0.4, 0.5) is 0 Å². The van der Waals surface area contributed by atoms with E-state index < -0.39 is 111 Å². The first-order valence-corrected chi connectivity index (χ1v) is 13.2. The van der Waals surface area contributed by atoms with Crippen LogP contribution in [0.25, 0.3) is 0 Å². The van der Waals surface area contributed by atoms with Crippen molar-refractivity contribution in [3.63, 3.8) is 0 Å². The Morgan fingerprint density at radius 3 is 1.64 bits per heavy atom. The molecule has 0 aromatic heterocycles. The van der Waals surface area contributed by atoms with E-state index in [-0.39, 0.29) is 32.8 Å². The van der Waals surface area contributed by atoms with Crippen molar-refractivity contribution in [1.29, 1.82) is 0 Å². The molecular weight excluding hydrogens is 526 g/mol. The summed E-state index contributed by atoms with van der Waals surface area (Å²) in [5.74, 6) is -1.29. The van der Waals surface area contributed by atoms with E-state index in [1.54, 1.807) is 0 Å². The standard InChI is InChI=1S/C23H45N3O13/c24-16-14(7-35-2-1-9-11(3-27)39-23(34)18(26)19(9)30)37-12(4-28)10(20(16)31)6-36-8-15-17(25)22(33)21(32)13(5-29)38-15/h9-23,27-34H,1-8,24-26H2/t9-,10-,11?,12?,13?,14+,15+,16?,17?,18?,19-,20-,21-,22+,23-/m1/s1. The summed E-state index contributed by atoms with van der Waals surface area (Å²) in [7, 11) is 0. The van der Waals surface area contributed by atoms with Crippen molar-refractivity contribution in [2.75, 3.05) is 46.2 Å². The van der Waals surface area contributed by atoms with Crippen molar-refractivity contribution in [1.82, 2.24) is 0 Å². The molecule has 3 rings (SSSR count). The molecule has 0 radical (unpaired) electrons. The SMILES string of the molecule is NC1[C@H](COC[C@@H]2C(CO)O[C@@H](COCC[C@@H]3C(CO)O[C@@H](O)C(N)[C@@H]3O)C(N)[C@@H]2O)OC(CO)[C@@H](O)[C@H]1O. The molecule has 230 valence electrons. The fourth-order valence-electron chi connectivity index (χ4n) is 5.36. The Balaban J connectivity index is 1.46. The van der Waals surface area contributed by atoms with E-state index in [4.69, 9.17) is 40.9 Å². The largest absolute Gasteiger partial charge is 0.394 e. The van der Waals surface area contributed by atoms with Crippen molar-refractivity contribution in [3.8, 4) is 0 Å². The summed E-state index contributed by atoms with van der Waals surface area (Å²) < 4.78 is 28.0. The lowest BCUT2D eigenvalue weighted by atomic mass is 9.85. The quantitative estimate of drug-likeness (QED) is 0.0970. The second-order valence-electron chi connectivity index (χ2n) is 10.5. The number of rotatable bonds is 12. The molecule has 39 heavy (non-hydrogen) atoms. The molecule has 6 unspecified atom stereocenters. The molecule has 0 spiro atoms. The van der Waals surface area contributed by atoms with Gasteiger partial charge in [0.05, 0.1) is 94.4 Å². The van der Waals surface area contributed by atoms with Crippen LogP contribution in [0.5, 0.6) is 0 Å². The fraction of sp³-hybridized carbons (Fsp3) is 1.00. The van der Waals surface area contributed by atoms with Gasteiger partial charge in [0.1, 0.15) is 18.3 Å². The summed E-state index contributed by atoms with van der Waals surface area (Å²) in [5, 5.41) is 79.7. The molecule has 0 aromatic rings. The maximum atomic E-state index is 10.8. The normalized spacial score (nSPS) is 47.3. The van der Waals surface area contributed by atoms with Gasteiger partial charge in [0.25, 0.3) is 0 Å². The molecule has 15 atom stereocenters. The minimum Gasteiger partial charge on any atom is -0.394 e. The van der Waals surface area contributed by atoms with E-state index in [1.165, 1.54) is 0 Å². The maximum absolute atomic E-state index is 10.8. The lowest BCUT2D eigenvalue weighted by molar-refractivity contribution is -0.235. The summed E-state index contributed by atoms with van der Waals surface area (Å²) in [5.41, 5.74) is 17.9. The molecule has 3 aliphatic rings. The van der Waals surface area contributed by atoms with Crippen molar-refractivity contribution in [2.24, 2.45) is 29.0 Å². The van der Waals surface area contributed by atoms with Crippen LogP contribution in [0.15, 0.2) is 0 Å². The van der Waals surface area contributed by atoms with Crippen LogP contribution in [0.1, 0.15) is 6.42 Å². The minimum atomic E-state index is -1.39. The predicted molar refractivity (Wildman–Crippen MR) is 131 cm³/mol. The Morgan fingerprint density at radius 2 is 1.03 bits per heavy atom. The van der Waals surface area contributed by atoms with Crippen molar-refractivity contribution in [3.05, 3.63) is 0 Å². The third-order valence-electron chi connectivity index (χ3n) is 7.96. The van der Waals surface area contributed by atoms with Crippen LogP contribution < -0.4 is 17.2 Å². The minimum absolute atomic E-state index is 0.0298. The number of aliphatic hydroxyl groups is 8. The van der Waals surface area contributed by atoms with Crippen LogP contribution in [-0.2, 0) is 23.7 Å². The number of hydrogen-bond acceptors (Lipinski definition) is 16. The molecule has 14 N–H and O–H groups in total. The van der Waals surface area contributed by atoms with Gasteiger partial charge in [-0.15, -0.1) is 0 Å². The summed E-state index contributed by atoms with van der Waals surface area (Å²) in [4.78, 5) is 0. The van der Waals surface area contributed by atoms with Gasteiger partial charge in [-0.25, -0.2) is 0 Å². The average molecular weight is 572 g/mol. The Labute approximate surface area is 226 Å².